The lowest BCUT2D eigenvalue weighted by atomic mass is 10.1. The van der Waals surface area contributed by atoms with Crippen LogP contribution < -0.4 is 0 Å². The van der Waals surface area contributed by atoms with Crippen LogP contribution in [0.4, 0.5) is 17.6 Å². The Morgan fingerprint density at radius 3 is 2.50 bits per heavy atom. The van der Waals surface area contributed by atoms with Crippen molar-refractivity contribution in [3.05, 3.63) is 34.9 Å². The molecule has 2 aromatic rings. The second kappa shape index (κ2) is 3.55. The first-order chi connectivity index (χ1) is 7.39. The predicted octanol–water partition coefficient (Wildman–Crippen LogP) is 3.44. The highest BCUT2D eigenvalue weighted by Gasteiger charge is 2.37. The molecule has 7 heteroatoms. The van der Waals surface area contributed by atoms with Crippen molar-refractivity contribution in [3.8, 4) is 0 Å². The normalized spacial score (nSPS) is 12.1. The molecule has 0 radical (unpaired) electrons. The van der Waals surface area contributed by atoms with E-state index in [0.717, 1.165) is 12.3 Å². The molecule has 0 atom stereocenters. The summed E-state index contributed by atoms with van der Waals surface area (Å²) >= 11 is 5.48. The van der Waals surface area contributed by atoms with Gasteiger partial charge in [-0.15, -0.1) is 0 Å². The van der Waals surface area contributed by atoms with E-state index >= 15 is 0 Å². The number of hydrogen-bond donors (Lipinski definition) is 0. The molecule has 0 aliphatic heterocycles. The number of fused-ring (bicyclic) bond motifs is 1. The number of halogens is 5. The van der Waals surface area contributed by atoms with Gasteiger partial charge in [0.25, 0.3) is 0 Å². The summed E-state index contributed by atoms with van der Waals surface area (Å²) in [6.07, 6.45) is -3.87. The third kappa shape index (κ3) is 1.80. The topological polar surface area (TPSA) is 25.8 Å². The molecule has 2 nitrogen and oxygen atoms in total. The summed E-state index contributed by atoms with van der Waals surface area (Å²) in [5, 5.41) is -0.0489. The van der Waals surface area contributed by atoms with Gasteiger partial charge in [0.15, 0.2) is 0 Å². The van der Waals surface area contributed by atoms with Crippen LogP contribution in [0.1, 0.15) is 5.56 Å². The third-order valence-corrected chi connectivity index (χ3v) is 2.10. The first kappa shape index (κ1) is 11.1. The molecule has 0 bridgehead atoms. The highest BCUT2D eigenvalue weighted by Crippen LogP contribution is 2.35. The summed E-state index contributed by atoms with van der Waals surface area (Å²) in [5.74, 6) is -1.38. The van der Waals surface area contributed by atoms with Crippen LogP contribution in [-0.4, -0.2) is 9.97 Å². The zero-order valence-corrected chi connectivity index (χ0v) is 8.27. The first-order valence-electron chi connectivity index (χ1n) is 4.07. The van der Waals surface area contributed by atoms with Gasteiger partial charge in [0.2, 0.25) is 0 Å². The van der Waals surface area contributed by atoms with Crippen LogP contribution in [0.3, 0.4) is 0 Å². The molecule has 0 amide bonds. The van der Waals surface area contributed by atoms with E-state index in [2.05, 4.69) is 9.97 Å². The fraction of sp³-hybridized carbons (Fsp3) is 0.111. The minimum absolute atomic E-state index is 0.0489. The van der Waals surface area contributed by atoms with Crippen LogP contribution in [0.25, 0.3) is 11.0 Å². The molecule has 2 rings (SSSR count). The Morgan fingerprint density at radius 2 is 1.88 bits per heavy atom. The van der Waals surface area contributed by atoms with Gasteiger partial charge in [-0.25, -0.2) is 9.37 Å². The van der Waals surface area contributed by atoms with Crippen LogP contribution in [0.15, 0.2) is 18.3 Å². The smallest absolute Gasteiger partial charge is 0.251 e. The second-order valence-corrected chi connectivity index (χ2v) is 3.37. The van der Waals surface area contributed by atoms with E-state index in [-0.39, 0.29) is 10.7 Å². The molecule has 84 valence electrons. The number of benzene rings is 1. The number of aromatic nitrogens is 2. The molecular formula is C9H3ClF4N2. The Balaban J connectivity index is 2.85. The van der Waals surface area contributed by atoms with Crippen LogP contribution in [-0.2, 0) is 6.18 Å². The van der Waals surface area contributed by atoms with Gasteiger partial charge in [0, 0.05) is 0 Å². The SMILES string of the molecule is Fc1ccc2nc(Cl)cnc2c1C(F)(F)F. The lowest BCUT2D eigenvalue weighted by Crippen LogP contribution is -2.10. The van der Waals surface area contributed by atoms with Crippen molar-refractivity contribution >= 4 is 22.6 Å². The van der Waals surface area contributed by atoms with Crippen molar-refractivity contribution in [2.45, 2.75) is 6.18 Å². The minimum Gasteiger partial charge on any atom is -0.251 e. The standard InChI is InChI=1S/C9H3ClF4N2/c10-6-3-15-8-5(16-6)2-1-4(11)7(8)9(12,13)14/h1-3H. The van der Waals surface area contributed by atoms with E-state index < -0.39 is 23.1 Å². The zero-order chi connectivity index (χ0) is 11.9. The largest absolute Gasteiger partial charge is 0.421 e. The van der Waals surface area contributed by atoms with Crippen LogP contribution >= 0.6 is 11.6 Å². The van der Waals surface area contributed by atoms with Crippen molar-refractivity contribution in [1.29, 1.82) is 0 Å². The molecule has 0 spiro atoms. The maximum absolute atomic E-state index is 13.1. The van der Waals surface area contributed by atoms with Crippen LogP contribution in [0.5, 0.6) is 0 Å². The molecule has 1 aromatic heterocycles. The minimum atomic E-state index is -4.81. The summed E-state index contributed by atoms with van der Waals surface area (Å²) < 4.78 is 50.7. The third-order valence-electron chi connectivity index (χ3n) is 1.92. The van der Waals surface area contributed by atoms with E-state index in [9.17, 15) is 17.6 Å². The second-order valence-electron chi connectivity index (χ2n) is 2.98. The Bertz CT molecular complexity index is 553. The molecule has 16 heavy (non-hydrogen) atoms. The first-order valence-corrected chi connectivity index (χ1v) is 4.45. The van der Waals surface area contributed by atoms with Crippen molar-refractivity contribution in [3.63, 3.8) is 0 Å². The maximum Gasteiger partial charge on any atom is 0.421 e. The maximum atomic E-state index is 13.1. The molecule has 0 fully saturated rings. The predicted molar refractivity (Wildman–Crippen MR) is 49.5 cm³/mol. The molecule has 0 N–H and O–H groups in total. The number of rotatable bonds is 0. The van der Waals surface area contributed by atoms with Gasteiger partial charge in [-0.1, -0.05) is 11.6 Å². The van der Waals surface area contributed by atoms with Crippen molar-refractivity contribution in [2.75, 3.05) is 0 Å². The van der Waals surface area contributed by atoms with Gasteiger partial charge >= 0.3 is 6.18 Å². The molecule has 0 aliphatic carbocycles. The summed E-state index contributed by atoms with van der Waals surface area (Å²) in [6, 6.07) is 1.79. The van der Waals surface area contributed by atoms with Crippen molar-refractivity contribution in [2.24, 2.45) is 0 Å². The zero-order valence-electron chi connectivity index (χ0n) is 7.52. The van der Waals surface area contributed by atoms with Crippen molar-refractivity contribution < 1.29 is 17.6 Å². The molecule has 0 aliphatic rings. The van der Waals surface area contributed by atoms with Gasteiger partial charge < -0.3 is 0 Å². The van der Waals surface area contributed by atoms with Gasteiger partial charge in [0.1, 0.15) is 22.1 Å². The quantitative estimate of drug-likeness (QED) is 0.670. The van der Waals surface area contributed by atoms with E-state index in [0.29, 0.717) is 6.07 Å². The van der Waals surface area contributed by atoms with Crippen molar-refractivity contribution in [1.82, 2.24) is 9.97 Å². The summed E-state index contributed by atoms with van der Waals surface area (Å²) in [4.78, 5) is 7.08. The van der Waals surface area contributed by atoms with E-state index in [4.69, 9.17) is 11.6 Å². The van der Waals surface area contributed by atoms with E-state index in [1.165, 1.54) is 0 Å². The number of hydrogen-bond acceptors (Lipinski definition) is 2. The summed E-state index contributed by atoms with van der Waals surface area (Å²) in [5.41, 5.74) is -2.06. The Hall–Kier alpha value is -1.43. The molecular weight excluding hydrogens is 248 g/mol. The Labute approximate surface area is 91.9 Å². The van der Waals surface area contributed by atoms with E-state index in [1.54, 1.807) is 0 Å². The van der Waals surface area contributed by atoms with Crippen LogP contribution in [0, 0.1) is 5.82 Å². The average Bonchev–Trinajstić information content (AvgIpc) is 2.16. The van der Waals surface area contributed by atoms with Gasteiger partial charge in [-0.2, -0.15) is 13.2 Å². The van der Waals surface area contributed by atoms with Gasteiger partial charge in [-0.05, 0) is 12.1 Å². The molecule has 0 saturated heterocycles. The van der Waals surface area contributed by atoms with E-state index in [1.807, 2.05) is 0 Å². The van der Waals surface area contributed by atoms with Gasteiger partial charge in [0.05, 0.1) is 11.7 Å². The molecule has 1 heterocycles. The fourth-order valence-electron chi connectivity index (χ4n) is 1.31. The Kier molecular flexibility index (Phi) is 2.46. The van der Waals surface area contributed by atoms with Crippen LogP contribution in [0.2, 0.25) is 5.15 Å². The highest BCUT2D eigenvalue weighted by atomic mass is 35.5. The lowest BCUT2D eigenvalue weighted by Gasteiger charge is -2.09. The molecule has 0 unspecified atom stereocenters. The number of nitrogens with zero attached hydrogens (tertiary/aromatic N) is 2. The summed E-state index contributed by atoms with van der Waals surface area (Å²) in [6.45, 7) is 0. The lowest BCUT2D eigenvalue weighted by molar-refractivity contribution is -0.138. The average molecular weight is 251 g/mol. The number of alkyl halides is 3. The molecule has 1 aromatic carbocycles. The molecule has 0 saturated carbocycles. The highest BCUT2D eigenvalue weighted by molar-refractivity contribution is 6.29. The fourth-order valence-corrected chi connectivity index (χ4v) is 1.45. The Morgan fingerprint density at radius 1 is 1.19 bits per heavy atom. The summed E-state index contributed by atoms with van der Waals surface area (Å²) in [7, 11) is 0. The van der Waals surface area contributed by atoms with Gasteiger partial charge in [-0.3, -0.25) is 4.98 Å². The monoisotopic (exact) mass is 250 g/mol.